The number of rotatable bonds is 7. The van der Waals surface area contributed by atoms with Crippen LogP contribution in [0.25, 0.3) is 0 Å². The quantitative estimate of drug-likeness (QED) is 0.388. The molecule has 0 fully saturated rings. The Morgan fingerprint density at radius 1 is 1.18 bits per heavy atom. The summed E-state index contributed by atoms with van der Waals surface area (Å²) in [7, 11) is 0. The van der Waals surface area contributed by atoms with E-state index in [1.54, 1.807) is 6.92 Å². The Morgan fingerprint density at radius 2 is 1.59 bits per heavy atom. The molecule has 0 aliphatic rings. The Hall–Kier alpha value is -1.43. The van der Waals surface area contributed by atoms with E-state index in [4.69, 9.17) is 0 Å². The van der Waals surface area contributed by atoms with Crippen LogP contribution in [0.1, 0.15) is 27.2 Å². The highest BCUT2D eigenvalue weighted by molar-refractivity contribution is 6.05. The van der Waals surface area contributed by atoms with Crippen LogP contribution in [0.15, 0.2) is 0 Å². The van der Waals surface area contributed by atoms with Gasteiger partial charge in [-0.05, 0) is 20.3 Å². The summed E-state index contributed by atoms with van der Waals surface area (Å²) in [5.41, 5.74) is -2.55. The van der Waals surface area contributed by atoms with Gasteiger partial charge in [0.05, 0.1) is 19.1 Å². The second-order valence-corrected chi connectivity index (χ2v) is 3.36. The molecule has 0 radical (unpaired) electrons. The second-order valence-electron chi connectivity index (χ2n) is 3.36. The van der Waals surface area contributed by atoms with Gasteiger partial charge in [0.1, 0.15) is 6.29 Å². The average molecular weight is 246 g/mol. The van der Waals surface area contributed by atoms with E-state index in [2.05, 4.69) is 9.47 Å². The molecule has 0 unspecified atom stereocenters. The van der Waals surface area contributed by atoms with Gasteiger partial charge in [0.25, 0.3) is 5.60 Å². The van der Waals surface area contributed by atoms with Gasteiger partial charge in [-0.3, -0.25) is 0 Å². The molecule has 0 aromatic heterocycles. The molecule has 6 heteroatoms. The van der Waals surface area contributed by atoms with Gasteiger partial charge in [0.15, 0.2) is 0 Å². The summed E-state index contributed by atoms with van der Waals surface area (Å²) in [5.74, 6) is -3.49. The van der Waals surface area contributed by atoms with Crippen molar-refractivity contribution >= 4 is 18.2 Å². The van der Waals surface area contributed by atoms with Crippen molar-refractivity contribution in [2.45, 2.75) is 32.8 Å². The Kier molecular flexibility index (Phi) is 6.42. The van der Waals surface area contributed by atoms with Crippen molar-refractivity contribution in [1.82, 2.24) is 0 Å². The van der Waals surface area contributed by atoms with Crippen LogP contribution in [0.4, 0.5) is 0 Å². The number of carbonyl (C=O) groups is 3. The van der Waals surface area contributed by atoms with Gasteiger partial charge in [-0.25, -0.2) is 9.59 Å². The van der Waals surface area contributed by atoms with Crippen molar-refractivity contribution in [2.24, 2.45) is 5.92 Å². The first-order valence-corrected chi connectivity index (χ1v) is 5.50. The fraction of sp³-hybridized carbons (Fsp3) is 0.727. The summed E-state index contributed by atoms with van der Waals surface area (Å²) < 4.78 is 9.22. The third-order valence-electron chi connectivity index (χ3n) is 2.31. The molecule has 0 saturated carbocycles. The van der Waals surface area contributed by atoms with E-state index in [0.29, 0.717) is 6.29 Å². The molecule has 98 valence electrons. The van der Waals surface area contributed by atoms with Crippen molar-refractivity contribution in [2.75, 3.05) is 13.2 Å². The van der Waals surface area contributed by atoms with E-state index in [0.717, 1.165) is 0 Å². The van der Waals surface area contributed by atoms with E-state index < -0.39 is 23.5 Å². The van der Waals surface area contributed by atoms with E-state index in [1.165, 1.54) is 13.8 Å². The number of ether oxygens (including phenoxy) is 2. The van der Waals surface area contributed by atoms with Crippen molar-refractivity contribution < 1.29 is 29.0 Å². The van der Waals surface area contributed by atoms with Gasteiger partial charge in [-0.15, -0.1) is 0 Å². The molecule has 0 saturated heterocycles. The first-order valence-electron chi connectivity index (χ1n) is 5.50. The lowest BCUT2D eigenvalue weighted by molar-refractivity contribution is -0.190. The molecule has 0 aliphatic carbocycles. The van der Waals surface area contributed by atoms with Crippen LogP contribution in [-0.4, -0.2) is 42.1 Å². The predicted molar refractivity (Wildman–Crippen MR) is 58.1 cm³/mol. The summed E-state index contributed by atoms with van der Waals surface area (Å²) in [6.07, 6.45) is 0.478. The van der Waals surface area contributed by atoms with Crippen LogP contribution in [0.2, 0.25) is 0 Å². The van der Waals surface area contributed by atoms with E-state index in [1.807, 2.05) is 0 Å². The minimum Gasteiger partial charge on any atom is -0.463 e. The molecule has 0 rings (SSSR count). The van der Waals surface area contributed by atoms with Crippen molar-refractivity contribution in [1.29, 1.82) is 0 Å². The van der Waals surface area contributed by atoms with E-state index in [-0.39, 0.29) is 19.6 Å². The van der Waals surface area contributed by atoms with Gasteiger partial charge in [-0.2, -0.15) is 0 Å². The zero-order valence-corrected chi connectivity index (χ0v) is 10.3. The summed E-state index contributed by atoms with van der Waals surface area (Å²) in [5, 5.41) is 10.1. The van der Waals surface area contributed by atoms with E-state index in [9.17, 15) is 19.5 Å². The zero-order valence-electron chi connectivity index (χ0n) is 10.3. The Balaban J connectivity index is 5.25. The monoisotopic (exact) mass is 246 g/mol. The first kappa shape index (κ1) is 15.6. The maximum absolute atomic E-state index is 11.6. The molecule has 0 spiro atoms. The van der Waals surface area contributed by atoms with Crippen LogP contribution in [0.3, 0.4) is 0 Å². The number of carbonyl (C=O) groups excluding carboxylic acids is 3. The lowest BCUT2D eigenvalue weighted by Gasteiger charge is -2.27. The lowest BCUT2D eigenvalue weighted by atomic mass is 9.86. The van der Waals surface area contributed by atoms with Crippen LogP contribution in [0.5, 0.6) is 0 Å². The lowest BCUT2D eigenvalue weighted by Crippen LogP contribution is -2.55. The van der Waals surface area contributed by atoms with Gasteiger partial charge in [0.2, 0.25) is 0 Å². The topological polar surface area (TPSA) is 89.9 Å². The summed E-state index contributed by atoms with van der Waals surface area (Å²) in [4.78, 5) is 34.0. The summed E-state index contributed by atoms with van der Waals surface area (Å²) in [6.45, 7) is 4.63. The third-order valence-corrected chi connectivity index (χ3v) is 2.31. The number of hydrogen-bond donors (Lipinski definition) is 1. The van der Waals surface area contributed by atoms with Crippen LogP contribution >= 0.6 is 0 Å². The molecular weight excluding hydrogens is 228 g/mol. The number of hydrogen-bond acceptors (Lipinski definition) is 6. The largest absolute Gasteiger partial charge is 0.463 e. The molecule has 6 nitrogen and oxygen atoms in total. The minimum absolute atomic E-state index is 0.00413. The van der Waals surface area contributed by atoms with Crippen molar-refractivity contribution in [3.8, 4) is 0 Å². The molecule has 0 aromatic rings. The van der Waals surface area contributed by atoms with Crippen LogP contribution in [-0.2, 0) is 23.9 Å². The smallest absolute Gasteiger partial charge is 0.350 e. The molecule has 0 heterocycles. The molecule has 1 N–H and O–H groups in total. The van der Waals surface area contributed by atoms with Gasteiger partial charge in [-0.1, -0.05) is 6.92 Å². The standard InChI is InChI=1S/C11H18O6/c1-4-8(7-12)11(15,9(13)16-5-2)10(14)17-6-3/h7-8,15H,4-6H2,1-3H3/t8-/m1/s1. The molecule has 1 atom stereocenters. The molecule has 0 amide bonds. The minimum atomic E-state index is -2.55. The van der Waals surface area contributed by atoms with Gasteiger partial charge < -0.3 is 19.4 Å². The Morgan fingerprint density at radius 3 is 1.82 bits per heavy atom. The fourth-order valence-corrected chi connectivity index (χ4v) is 1.36. The molecule has 0 aliphatic heterocycles. The summed E-state index contributed by atoms with van der Waals surface area (Å²) in [6, 6.07) is 0. The van der Waals surface area contributed by atoms with E-state index >= 15 is 0 Å². The number of aliphatic hydroxyl groups is 1. The third kappa shape index (κ3) is 3.26. The molecule has 0 bridgehead atoms. The maximum atomic E-state index is 11.6. The van der Waals surface area contributed by atoms with Gasteiger partial charge >= 0.3 is 11.9 Å². The highest BCUT2D eigenvalue weighted by Gasteiger charge is 2.53. The highest BCUT2D eigenvalue weighted by atomic mass is 16.6. The number of esters is 2. The first-order chi connectivity index (χ1) is 7.98. The zero-order chi connectivity index (χ0) is 13.5. The average Bonchev–Trinajstić information content (AvgIpc) is 2.30. The Labute approximate surface area is 99.9 Å². The van der Waals surface area contributed by atoms with Gasteiger partial charge in [0, 0.05) is 0 Å². The highest BCUT2D eigenvalue weighted by Crippen LogP contribution is 2.23. The molecular formula is C11H18O6. The van der Waals surface area contributed by atoms with Crippen LogP contribution in [0, 0.1) is 5.92 Å². The Bertz CT molecular complexity index is 268. The second kappa shape index (κ2) is 7.01. The fourth-order valence-electron chi connectivity index (χ4n) is 1.36. The SMILES string of the molecule is CCOC(=O)C(O)(C(=O)OCC)[C@@H](C=O)CC. The summed E-state index contributed by atoms with van der Waals surface area (Å²) >= 11 is 0. The molecule has 17 heavy (non-hydrogen) atoms. The normalized spacial score (nSPS) is 12.7. The predicted octanol–water partition coefficient (Wildman–Crippen LogP) is 0.0688. The maximum Gasteiger partial charge on any atom is 0.350 e. The van der Waals surface area contributed by atoms with Crippen LogP contribution < -0.4 is 0 Å². The van der Waals surface area contributed by atoms with Crippen molar-refractivity contribution in [3.63, 3.8) is 0 Å². The molecule has 0 aromatic carbocycles. The number of aldehydes is 1. The van der Waals surface area contributed by atoms with Crippen molar-refractivity contribution in [3.05, 3.63) is 0 Å².